The summed E-state index contributed by atoms with van der Waals surface area (Å²) in [6, 6.07) is 5.65. The number of hydrogen-bond acceptors (Lipinski definition) is 8. The van der Waals surface area contributed by atoms with Crippen molar-refractivity contribution in [2.45, 2.75) is 59.2 Å². The van der Waals surface area contributed by atoms with Gasteiger partial charge in [-0.1, -0.05) is 24.8 Å². The number of carbonyl (C=O) groups is 1. The van der Waals surface area contributed by atoms with E-state index in [9.17, 15) is 14.3 Å². The molecule has 1 heterocycles. The number of aliphatic hydroxyl groups excluding tert-OH is 1. The molecular formula is C28H40FN7O2. The first-order chi connectivity index (χ1) is 18.1. The van der Waals surface area contributed by atoms with Crippen molar-refractivity contribution in [2.75, 3.05) is 37.8 Å². The van der Waals surface area contributed by atoms with Gasteiger partial charge in [-0.3, -0.25) is 10.1 Å². The van der Waals surface area contributed by atoms with Crippen LogP contribution in [0.1, 0.15) is 52.5 Å². The summed E-state index contributed by atoms with van der Waals surface area (Å²) < 4.78 is 13.5. The van der Waals surface area contributed by atoms with Crippen LogP contribution in [-0.2, 0) is 4.79 Å². The van der Waals surface area contributed by atoms with E-state index in [-0.39, 0.29) is 11.7 Å². The molecule has 206 valence electrons. The van der Waals surface area contributed by atoms with E-state index >= 15 is 0 Å². The smallest absolute Gasteiger partial charge is 0.248 e. The molecule has 38 heavy (non-hydrogen) atoms. The highest BCUT2D eigenvalue weighted by Crippen LogP contribution is 2.18. The maximum atomic E-state index is 13.5. The molecule has 0 radical (unpaired) electrons. The number of benzene rings is 1. The Morgan fingerprint density at radius 2 is 2.00 bits per heavy atom. The third-order valence-corrected chi connectivity index (χ3v) is 5.85. The summed E-state index contributed by atoms with van der Waals surface area (Å²) in [4.78, 5) is 23.1. The first kappa shape index (κ1) is 30.5. The van der Waals surface area contributed by atoms with E-state index in [1.807, 2.05) is 25.9 Å². The summed E-state index contributed by atoms with van der Waals surface area (Å²) in [6.45, 7) is 8.72. The number of aliphatic hydroxyl groups is 1. The lowest BCUT2D eigenvalue weighted by Gasteiger charge is -2.23. The minimum atomic E-state index is -0.879. The average Bonchev–Trinajstić information content (AvgIpc) is 2.88. The Morgan fingerprint density at radius 3 is 2.68 bits per heavy atom. The number of aromatic nitrogens is 2. The third-order valence-electron chi connectivity index (χ3n) is 5.85. The van der Waals surface area contributed by atoms with Gasteiger partial charge in [0, 0.05) is 44.0 Å². The molecule has 0 fully saturated rings. The van der Waals surface area contributed by atoms with Gasteiger partial charge in [0.05, 0.1) is 17.8 Å². The Kier molecular flexibility index (Phi) is 12.5. The SMILES string of the molecule is CCCNc1nc(Nc2cccc(F)c2)ncc1C#CCCCN[C@@H](O)[C@H](C)NC(=O)/C(C)=C(\C)N(C)C. The van der Waals surface area contributed by atoms with Crippen molar-refractivity contribution in [3.8, 4) is 11.8 Å². The van der Waals surface area contributed by atoms with Gasteiger partial charge in [0.2, 0.25) is 11.9 Å². The number of halogens is 1. The first-order valence-electron chi connectivity index (χ1n) is 12.8. The Labute approximate surface area is 225 Å². The van der Waals surface area contributed by atoms with Crippen molar-refractivity contribution < 1.29 is 14.3 Å². The van der Waals surface area contributed by atoms with Crippen LogP contribution in [-0.4, -0.2) is 65.3 Å². The van der Waals surface area contributed by atoms with Gasteiger partial charge in [-0.25, -0.2) is 9.37 Å². The molecule has 2 aromatic rings. The average molecular weight is 526 g/mol. The molecule has 0 saturated heterocycles. The van der Waals surface area contributed by atoms with Crippen LogP contribution in [0.3, 0.4) is 0 Å². The summed E-state index contributed by atoms with van der Waals surface area (Å²) >= 11 is 0. The first-order valence-corrected chi connectivity index (χ1v) is 12.8. The van der Waals surface area contributed by atoms with E-state index in [1.165, 1.54) is 12.1 Å². The molecule has 0 aliphatic carbocycles. The Morgan fingerprint density at radius 1 is 1.24 bits per heavy atom. The lowest BCUT2D eigenvalue weighted by atomic mass is 10.2. The number of anilines is 3. The molecule has 5 N–H and O–H groups in total. The molecule has 1 amide bonds. The van der Waals surface area contributed by atoms with Crippen LogP contribution in [0.2, 0.25) is 0 Å². The van der Waals surface area contributed by atoms with Gasteiger partial charge in [-0.05, 0) is 58.4 Å². The van der Waals surface area contributed by atoms with Crippen molar-refractivity contribution in [3.05, 3.63) is 53.1 Å². The van der Waals surface area contributed by atoms with Gasteiger partial charge < -0.3 is 26.0 Å². The molecule has 10 heteroatoms. The van der Waals surface area contributed by atoms with E-state index in [2.05, 4.69) is 50.0 Å². The number of hydrogen-bond donors (Lipinski definition) is 5. The van der Waals surface area contributed by atoms with Gasteiger partial charge >= 0.3 is 0 Å². The zero-order valence-corrected chi connectivity index (χ0v) is 23.2. The highest BCUT2D eigenvalue weighted by molar-refractivity contribution is 5.93. The Hall–Kier alpha value is -3.68. The monoisotopic (exact) mass is 525 g/mol. The summed E-state index contributed by atoms with van der Waals surface area (Å²) in [5.74, 6) is 6.65. The summed E-state index contributed by atoms with van der Waals surface area (Å²) in [7, 11) is 3.76. The fourth-order valence-corrected chi connectivity index (χ4v) is 3.26. The van der Waals surface area contributed by atoms with Gasteiger partial charge in [0.15, 0.2) is 0 Å². The molecule has 0 aliphatic heterocycles. The molecule has 0 bridgehead atoms. The predicted molar refractivity (Wildman–Crippen MR) is 150 cm³/mol. The number of amides is 1. The fraction of sp³-hybridized carbons (Fsp3) is 0.464. The summed E-state index contributed by atoms with van der Waals surface area (Å²) in [5, 5.41) is 22.5. The van der Waals surface area contributed by atoms with E-state index in [1.54, 1.807) is 32.2 Å². The highest BCUT2D eigenvalue weighted by Gasteiger charge is 2.18. The second kappa shape index (κ2) is 15.5. The molecule has 0 unspecified atom stereocenters. The lowest BCUT2D eigenvalue weighted by molar-refractivity contribution is -0.119. The molecule has 1 aromatic heterocycles. The number of unbranched alkanes of at least 4 members (excludes halogenated alkanes) is 1. The molecule has 0 saturated carbocycles. The maximum absolute atomic E-state index is 13.5. The fourth-order valence-electron chi connectivity index (χ4n) is 3.26. The normalized spacial score (nSPS) is 12.9. The highest BCUT2D eigenvalue weighted by atomic mass is 19.1. The predicted octanol–water partition coefficient (Wildman–Crippen LogP) is 3.58. The number of allylic oxidation sites excluding steroid dienone is 1. The second-order valence-corrected chi connectivity index (χ2v) is 9.19. The molecule has 2 atom stereocenters. The van der Waals surface area contributed by atoms with Crippen LogP contribution in [0.25, 0.3) is 0 Å². The third kappa shape index (κ3) is 10.00. The van der Waals surface area contributed by atoms with Crippen LogP contribution in [0, 0.1) is 17.7 Å². The number of nitrogens with one attached hydrogen (secondary N) is 4. The van der Waals surface area contributed by atoms with Crippen molar-refractivity contribution in [1.29, 1.82) is 0 Å². The van der Waals surface area contributed by atoms with E-state index in [0.29, 0.717) is 48.0 Å². The molecule has 0 aliphatic rings. The topological polar surface area (TPSA) is 114 Å². The van der Waals surface area contributed by atoms with Crippen molar-refractivity contribution >= 4 is 23.4 Å². The summed E-state index contributed by atoms with van der Waals surface area (Å²) in [5.41, 5.74) is 2.71. The Bertz CT molecular complexity index is 1160. The lowest BCUT2D eigenvalue weighted by Crippen LogP contribution is -2.48. The van der Waals surface area contributed by atoms with Crippen molar-refractivity contribution in [2.24, 2.45) is 0 Å². The minimum absolute atomic E-state index is 0.206. The Balaban J connectivity index is 1.88. The van der Waals surface area contributed by atoms with Crippen LogP contribution in [0.4, 0.5) is 21.8 Å². The minimum Gasteiger partial charge on any atom is -0.381 e. The molecular weight excluding hydrogens is 485 g/mol. The second-order valence-electron chi connectivity index (χ2n) is 9.19. The zero-order chi connectivity index (χ0) is 28.1. The number of nitrogens with zero attached hydrogens (tertiary/aromatic N) is 3. The van der Waals surface area contributed by atoms with E-state index < -0.39 is 12.3 Å². The summed E-state index contributed by atoms with van der Waals surface area (Å²) in [6.07, 6.45) is 2.99. The van der Waals surface area contributed by atoms with Crippen molar-refractivity contribution in [3.63, 3.8) is 0 Å². The van der Waals surface area contributed by atoms with E-state index in [0.717, 1.165) is 18.7 Å². The number of rotatable bonds is 13. The van der Waals surface area contributed by atoms with Crippen molar-refractivity contribution in [1.82, 2.24) is 25.5 Å². The standard InChI is InChI=1S/C28H40FN7O2/c1-7-15-30-25-22(18-32-28(35-25)34-24-14-11-13-23(29)17-24)12-9-8-10-16-31-27(38)20(3)33-26(37)19(2)21(4)36(5)6/h11,13-14,17-18,20,27,31,38H,7-8,10,15-16H2,1-6H3,(H,33,37)(H2,30,32,34,35)/b21-19+/t20-,27-/m0/s1. The van der Waals surface area contributed by atoms with E-state index in [4.69, 9.17) is 0 Å². The van der Waals surface area contributed by atoms with Gasteiger partial charge in [0.25, 0.3) is 0 Å². The van der Waals surface area contributed by atoms with Crippen LogP contribution in [0.15, 0.2) is 41.7 Å². The molecule has 9 nitrogen and oxygen atoms in total. The van der Waals surface area contributed by atoms with Crippen LogP contribution >= 0.6 is 0 Å². The zero-order valence-electron chi connectivity index (χ0n) is 23.2. The van der Waals surface area contributed by atoms with Crippen LogP contribution in [0.5, 0.6) is 0 Å². The maximum Gasteiger partial charge on any atom is 0.248 e. The largest absolute Gasteiger partial charge is 0.381 e. The molecule has 2 rings (SSSR count). The quantitative estimate of drug-likeness (QED) is 0.117. The van der Waals surface area contributed by atoms with Crippen LogP contribution < -0.4 is 21.3 Å². The van der Waals surface area contributed by atoms with Gasteiger partial charge in [0.1, 0.15) is 17.9 Å². The van der Waals surface area contributed by atoms with Gasteiger partial charge in [-0.2, -0.15) is 4.98 Å². The molecule has 0 spiro atoms. The molecule has 1 aromatic carbocycles. The van der Waals surface area contributed by atoms with Gasteiger partial charge in [-0.15, -0.1) is 0 Å². The number of carbonyl (C=O) groups excluding carboxylic acids is 1.